The van der Waals surface area contributed by atoms with E-state index in [2.05, 4.69) is 4.98 Å². The van der Waals surface area contributed by atoms with Crippen LogP contribution in [0.2, 0.25) is 0 Å². The van der Waals surface area contributed by atoms with E-state index in [1.165, 1.54) is 0 Å². The molecule has 4 nitrogen and oxygen atoms in total. The molecule has 0 saturated heterocycles. The molecule has 0 aliphatic carbocycles. The van der Waals surface area contributed by atoms with E-state index in [-0.39, 0.29) is 5.75 Å². The lowest BCUT2D eigenvalue weighted by molar-refractivity contribution is 0.477. The molecule has 4 heteroatoms. The zero-order chi connectivity index (χ0) is 13.0. The highest BCUT2D eigenvalue weighted by Crippen LogP contribution is 2.28. The SMILES string of the molecule is Cc1ccc(Oc2c(C#N)cccc2C#N)cn1. The molecule has 1 aromatic heterocycles. The third kappa shape index (κ3) is 2.28. The van der Waals surface area contributed by atoms with Crippen molar-refractivity contribution in [3.8, 4) is 23.6 Å². The lowest BCUT2D eigenvalue weighted by atomic mass is 10.1. The van der Waals surface area contributed by atoms with Crippen LogP contribution in [0.1, 0.15) is 16.8 Å². The second kappa shape index (κ2) is 4.99. The number of aryl methyl sites for hydroxylation is 1. The van der Waals surface area contributed by atoms with E-state index in [0.29, 0.717) is 16.9 Å². The van der Waals surface area contributed by atoms with Gasteiger partial charge in [0.2, 0.25) is 0 Å². The third-order valence-corrected chi connectivity index (χ3v) is 2.36. The Balaban J connectivity index is 2.43. The molecule has 0 saturated carbocycles. The zero-order valence-electron chi connectivity index (χ0n) is 9.71. The Morgan fingerprint density at radius 3 is 2.22 bits per heavy atom. The average Bonchev–Trinajstić information content (AvgIpc) is 2.41. The fourth-order valence-corrected chi connectivity index (χ4v) is 1.46. The molecular formula is C14H9N3O. The number of hydrogen-bond acceptors (Lipinski definition) is 4. The maximum absolute atomic E-state index is 9.01. The lowest BCUT2D eigenvalue weighted by Crippen LogP contribution is -1.93. The quantitative estimate of drug-likeness (QED) is 0.802. The van der Waals surface area contributed by atoms with Gasteiger partial charge in [-0.05, 0) is 31.2 Å². The first kappa shape index (κ1) is 11.6. The maximum atomic E-state index is 9.01. The molecule has 0 aliphatic rings. The van der Waals surface area contributed by atoms with Gasteiger partial charge in [-0.1, -0.05) is 6.07 Å². The molecule has 2 rings (SSSR count). The smallest absolute Gasteiger partial charge is 0.163 e. The summed E-state index contributed by atoms with van der Waals surface area (Å²) >= 11 is 0. The molecule has 0 spiro atoms. The van der Waals surface area contributed by atoms with Gasteiger partial charge in [0, 0.05) is 5.69 Å². The third-order valence-electron chi connectivity index (χ3n) is 2.36. The van der Waals surface area contributed by atoms with E-state index >= 15 is 0 Å². The summed E-state index contributed by atoms with van der Waals surface area (Å²) in [5.41, 5.74) is 1.53. The van der Waals surface area contributed by atoms with Crippen LogP contribution in [0.5, 0.6) is 11.5 Å². The number of pyridine rings is 1. The standard InChI is InChI=1S/C14H9N3O/c1-10-5-6-13(9-17-10)18-14-11(7-15)3-2-4-12(14)8-16/h2-6,9H,1H3. The predicted octanol–water partition coefficient (Wildman–Crippen LogP) is 2.93. The molecule has 0 aliphatic heterocycles. The van der Waals surface area contributed by atoms with Crippen LogP contribution in [0, 0.1) is 29.6 Å². The van der Waals surface area contributed by atoms with Crippen LogP contribution < -0.4 is 4.74 Å². The first-order valence-electron chi connectivity index (χ1n) is 5.28. The molecule has 0 amide bonds. The second-order valence-corrected chi connectivity index (χ2v) is 3.64. The van der Waals surface area contributed by atoms with Gasteiger partial charge in [0.1, 0.15) is 17.9 Å². The first-order chi connectivity index (χ1) is 8.74. The molecule has 0 fully saturated rings. The first-order valence-corrected chi connectivity index (χ1v) is 5.28. The Labute approximate surface area is 105 Å². The molecule has 0 unspecified atom stereocenters. The fourth-order valence-electron chi connectivity index (χ4n) is 1.46. The summed E-state index contributed by atoms with van der Waals surface area (Å²) in [6.45, 7) is 1.87. The Bertz CT molecular complexity index is 616. The molecule has 0 atom stereocenters. The molecule has 18 heavy (non-hydrogen) atoms. The van der Waals surface area contributed by atoms with Crippen LogP contribution in [0.15, 0.2) is 36.5 Å². The number of para-hydroxylation sites is 1. The Morgan fingerprint density at radius 2 is 1.72 bits per heavy atom. The average molecular weight is 235 g/mol. The summed E-state index contributed by atoms with van der Waals surface area (Å²) in [5, 5.41) is 18.0. The van der Waals surface area contributed by atoms with Crippen LogP contribution in [-0.2, 0) is 0 Å². The van der Waals surface area contributed by atoms with Gasteiger partial charge in [-0.15, -0.1) is 0 Å². The van der Waals surface area contributed by atoms with Crippen molar-refractivity contribution in [3.05, 3.63) is 53.3 Å². The number of ether oxygens (including phenoxy) is 1. The lowest BCUT2D eigenvalue weighted by Gasteiger charge is -2.08. The van der Waals surface area contributed by atoms with Crippen molar-refractivity contribution in [2.45, 2.75) is 6.92 Å². The molecule has 1 aromatic carbocycles. The van der Waals surface area contributed by atoms with Crippen molar-refractivity contribution in [3.63, 3.8) is 0 Å². The van der Waals surface area contributed by atoms with E-state index < -0.39 is 0 Å². The maximum Gasteiger partial charge on any atom is 0.163 e. The number of benzene rings is 1. The van der Waals surface area contributed by atoms with Crippen molar-refractivity contribution >= 4 is 0 Å². The molecule has 0 radical (unpaired) electrons. The summed E-state index contributed by atoms with van der Waals surface area (Å²) in [6.07, 6.45) is 1.56. The van der Waals surface area contributed by atoms with Crippen molar-refractivity contribution in [2.75, 3.05) is 0 Å². The summed E-state index contributed by atoms with van der Waals surface area (Å²) in [6, 6.07) is 12.4. The van der Waals surface area contributed by atoms with E-state index in [0.717, 1.165) is 5.69 Å². The molecule has 1 heterocycles. The van der Waals surface area contributed by atoms with Crippen molar-refractivity contribution in [1.29, 1.82) is 10.5 Å². The van der Waals surface area contributed by atoms with Crippen molar-refractivity contribution < 1.29 is 4.74 Å². The van der Waals surface area contributed by atoms with Crippen LogP contribution in [0.4, 0.5) is 0 Å². The van der Waals surface area contributed by atoms with Gasteiger partial charge in [0.25, 0.3) is 0 Å². The van der Waals surface area contributed by atoms with Crippen LogP contribution in [0.25, 0.3) is 0 Å². The van der Waals surface area contributed by atoms with E-state index in [9.17, 15) is 0 Å². The summed E-state index contributed by atoms with van der Waals surface area (Å²) in [5.74, 6) is 0.771. The topological polar surface area (TPSA) is 69.7 Å². The van der Waals surface area contributed by atoms with Gasteiger partial charge >= 0.3 is 0 Å². The highest BCUT2D eigenvalue weighted by atomic mass is 16.5. The Kier molecular flexibility index (Phi) is 3.22. The minimum atomic E-state index is 0.271. The van der Waals surface area contributed by atoms with Gasteiger partial charge in [-0.3, -0.25) is 4.98 Å². The highest BCUT2D eigenvalue weighted by molar-refractivity contribution is 5.54. The Morgan fingerprint density at radius 1 is 1.06 bits per heavy atom. The zero-order valence-corrected chi connectivity index (χ0v) is 9.71. The normalized spacial score (nSPS) is 9.28. The number of rotatable bonds is 2. The predicted molar refractivity (Wildman–Crippen MR) is 64.9 cm³/mol. The number of nitrogens with zero attached hydrogens (tertiary/aromatic N) is 3. The second-order valence-electron chi connectivity index (χ2n) is 3.64. The number of nitriles is 2. The summed E-state index contributed by atoms with van der Waals surface area (Å²) in [4.78, 5) is 4.10. The van der Waals surface area contributed by atoms with Gasteiger partial charge in [0.15, 0.2) is 5.75 Å². The van der Waals surface area contributed by atoms with Crippen molar-refractivity contribution in [2.24, 2.45) is 0 Å². The minimum absolute atomic E-state index is 0.271. The fraction of sp³-hybridized carbons (Fsp3) is 0.0714. The summed E-state index contributed by atoms with van der Waals surface area (Å²) < 4.78 is 5.57. The molecular weight excluding hydrogens is 226 g/mol. The molecule has 86 valence electrons. The number of hydrogen-bond donors (Lipinski definition) is 0. The van der Waals surface area contributed by atoms with Gasteiger partial charge in [0.05, 0.1) is 17.3 Å². The van der Waals surface area contributed by atoms with Crippen LogP contribution in [-0.4, -0.2) is 4.98 Å². The van der Waals surface area contributed by atoms with E-state index in [1.54, 1.807) is 36.5 Å². The molecule has 0 N–H and O–H groups in total. The molecule has 2 aromatic rings. The number of aromatic nitrogens is 1. The van der Waals surface area contributed by atoms with Gasteiger partial charge in [-0.25, -0.2) is 0 Å². The molecule has 0 bridgehead atoms. The Hall–Kier alpha value is -2.85. The van der Waals surface area contributed by atoms with Gasteiger partial charge < -0.3 is 4.74 Å². The minimum Gasteiger partial charge on any atom is -0.453 e. The van der Waals surface area contributed by atoms with E-state index in [4.69, 9.17) is 15.3 Å². The summed E-state index contributed by atoms with van der Waals surface area (Å²) in [7, 11) is 0. The van der Waals surface area contributed by atoms with Crippen LogP contribution in [0.3, 0.4) is 0 Å². The van der Waals surface area contributed by atoms with E-state index in [1.807, 2.05) is 19.1 Å². The van der Waals surface area contributed by atoms with Crippen LogP contribution >= 0.6 is 0 Å². The van der Waals surface area contributed by atoms with Crippen molar-refractivity contribution in [1.82, 2.24) is 4.98 Å². The van der Waals surface area contributed by atoms with Gasteiger partial charge in [-0.2, -0.15) is 10.5 Å². The monoisotopic (exact) mass is 235 g/mol. The highest BCUT2D eigenvalue weighted by Gasteiger charge is 2.10. The largest absolute Gasteiger partial charge is 0.453 e.